The summed E-state index contributed by atoms with van der Waals surface area (Å²) < 4.78 is 20.0. The van der Waals surface area contributed by atoms with E-state index in [0.29, 0.717) is 25.6 Å². The van der Waals surface area contributed by atoms with Crippen LogP contribution in [0.15, 0.2) is 16.8 Å². The molecule has 0 saturated heterocycles. The molecule has 0 aliphatic rings. The van der Waals surface area contributed by atoms with E-state index in [1.54, 1.807) is 7.11 Å². The van der Waals surface area contributed by atoms with Crippen LogP contribution in [-0.2, 0) is 9.47 Å². The van der Waals surface area contributed by atoms with Gasteiger partial charge in [0.05, 0.1) is 24.7 Å². The second-order valence-corrected chi connectivity index (χ2v) is 3.76. The molecule has 9 heteroatoms. The molecule has 0 radical (unpaired) electrons. The zero-order valence-electron chi connectivity index (χ0n) is 10.8. The number of aromatic nitrogens is 2. The standard InChI is InChI=1S/C11H13N3O6/c1-17-4-5-18-6-7-19-9-3-2-8(14(15)16)10-11(9)13-20-12-10/h2-3H,4-7H2,1H3. The molecule has 0 atom stereocenters. The van der Waals surface area contributed by atoms with E-state index in [-0.39, 0.29) is 23.3 Å². The Morgan fingerprint density at radius 3 is 2.70 bits per heavy atom. The molecule has 0 N–H and O–H groups in total. The van der Waals surface area contributed by atoms with E-state index < -0.39 is 4.92 Å². The van der Waals surface area contributed by atoms with Crippen molar-refractivity contribution in [2.45, 2.75) is 0 Å². The summed E-state index contributed by atoms with van der Waals surface area (Å²) in [5.41, 5.74) is 0.105. The Labute approximate surface area is 113 Å². The van der Waals surface area contributed by atoms with Gasteiger partial charge in [-0.05, 0) is 16.4 Å². The molecule has 0 fully saturated rings. The highest BCUT2D eigenvalue weighted by Gasteiger charge is 2.20. The van der Waals surface area contributed by atoms with Crippen LogP contribution in [0, 0.1) is 10.1 Å². The first-order valence-corrected chi connectivity index (χ1v) is 5.83. The number of hydrogen-bond acceptors (Lipinski definition) is 8. The smallest absolute Gasteiger partial charge is 0.301 e. The van der Waals surface area contributed by atoms with E-state index in [4.69, 9.17) is 14.2 Å². The van der Waals surface area contributed by atoms with Crippen LogP contribution >= 0.6 is 0 Å². The first kappa shape index (κ1) is 14.2. The van der Waals surface area contributed by atoms with E-state index in [2.05, 4.69) is 14.9 Å². The van der Waals surface area contributed by atoms with Crippen molar-refractivity contribution in [1.82, 2.24) is 10.3 Å². The van der Waals surface area contributed by atoms with Gasteiger partial charge in [0.15, 0.2) is 11.3 Å². The lowest BCUT2D eigenvalue weighted by Crippen LogP contribution is -2.10. The van der Waals surface area contributed by atoms with E-state index >= 15 is 0 Å². The lowest BCUT2D eigenvalue weighted by molar-refractivity contribution is -0.383. The lowest BCUT2D eigenvalue weighted by Gasteiger charge is -2.06. The fraction of sp³-hybridized carbons (Fsp3) is 0.455. The quantitative estimate of drug-likeness (QED) is 0.403. The van der Waals surface area contributed by atoms with Crippen LogP contribution in [0.5, 0.6) is 5.75 Å². The summed E-state index contributed by atoms with van der Waals surface area (Å²) in [4.78, 5) is 10.3. The van der Waals surface area contributed by atoms with E-state index in [0.717, 1.165) is 0 Å². The largest absolute Gasteiger partial charge is 0.489 e. The molecule has 20 heavy (non-hydrogen) atoms. The minimum Gasteiger partial charge on any atom is -0.489 e. The Hall–Kier alpha value is -2.26. The van der Waals surface area contributed by atoms with Gasteiger partial charge in [0.25, 0.3) is 0 Å². The number of non-ortho nitro benzene ring substituents is 1. The fourth-order valence-electron chi connectivity index (χ4n) is 1.55. The predicted molar refractivity (Wildman–Crippen MR) is 66.6 cm³/mol. The monoisotopic (exact) mass is 283 g/mol. The SMILES string of the molecule is COCCOCCOc1ccc([N+](=O)[O-])c2nonc12. The molecule has 0 amide bonds. The molecular weight excluding hydrogens is 270 g/mol. The number of nitro benzene ring substituents is 1. The molecule has 0 unspecified atom stereocenters. The van der Waals surface area contributed by atoms with Gasteiger partial charge in [0.1, 0.15) is 6.61 Å². The van der Waals surface area contributed by atoms with Crippen molar-refractivity contribution >= 4 is 16.7 Å². The molecule has 1 aromatic heterocycles. The van der Waals surface area contributed by atoms with Crippen LogP contribution in [0.3, 0.4) is 0 Å². The molecule has 0 bridgehead atoms. The highest BCUT2D eigenvalue weighted by atomic mass is 16.6. The van der Waals surface area contributed by atoms with Gasteiger partial charge in [-0.1, -0.05) is 0 Å². The highest BCUT2D eigenvalue weighted by molar-refractivity contribution is 5.88. The lowest BCUT2D eigenvalue weighted by atomic mass is 10.2. The second kappa shape index (κ2) is 6.78. The average molecular weight is 283 g/mol. The van der Waals surface area contributed by atoms with Crippen molar-refractivity contribution in [3.8, 4) is 5.75 Å². The maximum Gasteiger partial charge on any atom is 0.301 e. The summed E-state index contributed by atoms with van der Waals surface area (Å²) in [6, 6.07) is 2.76. The summed E-state index contributed by atoms with van der Waals surface area (Å²) in [6.07, 6.45) is 0. The molecule has 2 rings (SSSR count). The molecule has 9 nitrogen and oxygen atoms in total. The van der Waals surface area contributed by atoms with Crippen molar-refractivity contribution in [2.75, 3.05) is 33.5 Å². The summed E-state index contributed by atoms with van der Waals surface area (Å²) in [5.74, 6) is 0.363. The van der Waals surface area contributed by atoms with Gasteiger partial charge in [0, 0.05) is 13.2 Å². The molecule has 0 aliphatic heterocycles. The number of ether oxygens (including phenoxy) is 3. The number of benzene rings is 1. The van der Waals surface area contributed by atoms with E-state index in [1.807, 2.05) is 0 Å². The Morgan fingerprint density at radius 2 is 1.95 bits per heavy atom. The number of hydrogen-bond donors (Lipinski definition) is 0. The zero-order valence-corrected chi connectivity index (χ0v) is 10.8. The van der Waals surface area contributed by atoms with Gasteiger partial charge in [-0.25, -0.2) is 4.63 Å². The maximum atomic E-state index is 10.8. The molecule has 1 aromatic carbocycles. The Kier molecular flexibility index (Phi) is 4.80. The molecule has 1 heterocycles. The molecule has 108 valence electrons. The van der Waals surface area contributed by atoms with Crippen LogP contribution in [0.2, 0.25) is 0 Å². The Morgan fingerprint density at radius 1 is 1.20 bits per heavy atom. The first-order chi connectivity index (χ1) is 9.74. The number of fused-ring (bicyclic) bond motifs is 1. The van der Waals surface area contributed by atoms with Crippen LogP contribution in [-0.4, -0.2) is 48.8 Å². The molecular formula is C11H13N3O6. The summed E-state index contributed by atoms with van der Waals surface area (Å²) in [5, 5.41) is 17.9. The van der Waals surface area contributed by atoms with Gasteiger partial charge in [-0.2, -0.15) is 0 Å². The van der Waals surface area contributed by atoms with Crippen LogP contribution in [0.25, 0.3) is 11.0 Å². The molecule has 0 spiro atoms. The minimum absolute atomic E-state index is 0.0628. The normalized spacial score (nSPS) is 10.8. The number of nitro groups is 1. The van der Waals surface area contributed by atoms with Gasteiger partial charge in [0.2, 0.25) is 5.52 Å². The summed E-state index contributed by atoms with van der Waals surface area (Å²) in [6.45, 7) is 1.63. The summed E-state index contributed by atoms with van der Waals surface area (Å²) in [7, 11) is 1.59. The zero-order chi connectivity index (χ0) is 14.4. The minimum atomic E-state index is -0.551. The van der Waals surface area contributed by atoms with Crippen LogP contribution in [0.1, 0.15) is 0 Å². The van der Waals surface area contributed by atoms with Gasteiger partial charge in [-0.3, -0.25) is 10.1 Å². The average Bonchev–Trinajstić information content (AvgIpc) is 2.91. The van der Waals surface area contributed by atoms with Crippen LogP contribution < -0.4 is 4.74 Å². The van der Waals surface area contributed by atoms with Crippen molar-refractivity contribution in [2.24, 2.45) is 0 Å². The fourth-order valence-corrected chi connectivity index (χ4v) is 1.55. The van der Waals surface area contributed by atoms with Crippen LogP contribution in [0.4, 0.5) is 5.69 Å². The highest BCUT2D eigenvalue weighted by Crippen LogP contribution is 2.30. The van der Waals surface area contributed by atoms with Gasteiger partial charge >= 0.3 is 5.69 Å². The Bertz CT molecular complexity index is 585. The third-order valence-electron chi connectivity index (χ3n) is 2.47. The van der Waals surface area contributed by atoms with Crippen molar-refractivity contribution in [3.05, 3.63) is 22.2 Å². The second-order valence-electron chi connectivity index (χ2n) is 3.76. The van der Waals surface area contributed by atoms with E-state index in [1.165, 1.54) is 12.1 Å². The van der Waals surface area contributed by atoms with Crippen molar-refractivity contribution < 1.29 is 23.8 Å². The topological polar surface area (TPSA) is 110 Å². The van der Waals surface area contributed by atoms with Crippen molar-refractivity contribution in [1.29, 1.82) is 0 Å². The Balaban J connectivity index is 1.99. The molecule has 2 aromatic rings. The molecule has 0 saturated carbocycles. The number of rotatable bonds is 8. The van der Waals surface area contributed by atoms with Gasteiger partial charge in [-0.15, -0.1) is 0 Å². The summed E-state index contributed by atoms with van der Waals surface area (Å²) >= 11 is 0. The number of nitrogens with zero attached hydrogens (tertiary/aromatic N) is 3. The predicted octanol–water partition coefficient (Wildman–Crippen LogP) is 1.17. The third-order valence-corrected chi connectivity index (χ3v) is 2.47. The van der Waals surface area contributed by atoms with Crippen molar-refractivity contribution in [3.63, 3.8) is 0 Å². The molecule has 0 aliphatic carbocycles. The number of methoxy groups -OCH3 is 1. The first-order valence-electron chi connectivity index (χ1n) is 5.83. The van der Waals surface area contributed by atoms with Gasteiger partial charge < -0.3 is 14.2 Å². The van der Waals surface area contributed by atoms with E-state index in [9.17, 15) is 10.1 Å². The third kappa shape index (κ3) is 3.19. The maximum absolute atomic E-state index is 10.8.